The molecule has 0 unspecified atom stereocenters. The summed E-state index contributed by atoms with van der Waals surface area (Å²) >= 11 is 11.5. The van der Waals surface area contributed by atoms with Gasteiger partial charge in [0.25, 0.3) is 5.91 Å². The highest BCUT2D eigenvalue weighted by molar-refractivity contribution is 6.37. The van der Waals surface area contributed by atoms with E-state index in [-0.39, 0.29) is 27.0 Å². The number of aromatic nitrogens is 1. The van der Waals surface area contributed by atoms with Gasteiger partial charge in [0, 0.05) is 11.8 Å². The van der Waals surface area contributed by atoms with Gasteiger partial charge < -0.3 is 15.4 Å². The van der Waals surface area contributed by atoms with Crippen LogP contribution in [0.25, 0.3) is 0 Å². The number of nitrogens with one attached hydrogen (secondary N) is 2. The lowest BCUT2D eigenvalue weighted by Crippen LogP contribution is -2.17. The van der Waals surface area contributed by atoms with E-state index in [4.69, 9.17) is 23.2 Å². The molecule has 1 aromatic heterocycles. The number of rotatable bonds is 2. The highest BCUT2D eigenvalue weighted by Gasteiger charge is 2.10. The number of phenols is 1. The Labute approximate surface area is 117 Å². The van der Waals surface area contributed by atoms with Gasteiger partial charge in [0.15, 0.2) is 5.75 Å². The normalized spacial score (nSPS) is 10.2. The van der Waals surface area contributed by atoms with Crippen molar-refractivity contribution in [3.63, 3.8) is 0 Å². The van der Waals surface area contributed by atoms with Crippen molar-refractivity contribution in [3.8, 4) is 5.75 Å². The summed E-state index contributed by atoms with van der Waals surface area (Å²) in [6, 6.07) is 6.92. The topological polar surface area (TPSA) is 82.2 Å². The number of aromatic hydroxyl groups is 1. The number of benzene rings is 1. The number of H-pyrrole nitrogens is 1. The van der Waals surface area contributed by atoms with Gasteiger partial charge in [0.2, 0.25) is 5.56 Å². The number of phenolic OH excluding ortho intramolecular Hbond substituents is 1. The van der Waals surface area contributed by atoms with E-state index in [2.05, 4.69) is 10.3 Å². The molecule has 0 fully saturated rings. The third kappa shape index (κ3) is 3.07. The van der Waals surface area contributed by atoms with E-state index in [0.717, 1.165) is 0 Å². The fourth-order valence-corrected chi connectivity index (χ4v) is 1.90. The van der Waals surface area contributed by atoms with Crippen LogP contribution in [0.15, 0.2) is 35.1 Å². The number of carbonyl (C=O) groups excluding carboxylic acids is 1. The molecule has 0 spiro atoms. The van der Waals surface area contributed by atoms with Crippen LogP contribution in [0.3, 0.4) is 0 Å². The van der Waals surface area contributed by atoms with Crippen LogP contribution in [-0.2, 0) is 0 Å². The van der Waals surface area contributed by atoms with Crippen molar-refractivity contribution >= 4 is 34.8 Å². The number of halogens is 2. The Morgan fingerprint density at radius 3 is 2.42 bits per heavy atom. The molecule has 0 radical (unpaired) electrons. The summed E-state index contributed by atoms with van der Waals surface area (Å²) in [6.07, 6.45) is 0. The van der Waals surface area contributed by atoms with Crippen LogP contribution in [0.5, 0.6) is 5.75 Å². The number of hydrogen-bond acceptors (Lipinski definition) is 3. The van der Waals surface area contributed by atoms with E-state index in [9.17, 15) is 14.7 Å². The number of carbonyl (C=O) groups is 1. The number of aromatic amines is 1. The molecule has 0 bridgehead atoms. The number of anilines is 1. The van der Waals surface area contributed by atoms with Crippen molar-refractivity contribution in [2.24, 2.45) is 0 Å². The second-order valence-corrected chi connectivity index (χ2v) is 4.49. The van der Waals surface area contributed by atoms with Crippen molar-refractivity contribution in [1.29, 1.82) is 0 Å². The SMILES string of the molecule is O=C(Nc1cc(Cl)c(O)c(Cl)c1)c1cccc(=O)[nH]1. The first kappa shape index (κ1) is 13.5. The van der Waals surface area contributed by atoms with E-state index in [1.54, 1.807) is 0 Å². The molecule has 0 aliphatic rings. The largest absolute Gasteiger partial charge is 0.505 e. The lowest BCUT2D eigenvalue weighted by atomic mass is 10.2. The van der Waals surface area contributed by atoms with Crippen LogP contribution in [0.1, 0.15) is 10.5 Å². The summed E-state index contributed by atoms with van der Waals surface area (Å²) in [5.74, 6) is -0.773. The molecule has 1 heterocycles. The Balaban J connectivity index is 2.27. The maximum absolute atomic E-state index is 11.8. The third-order valence-corrected chi connectivity index (χ3v) is 2.86. The first-order valence-corrected chi connectivity index (χ1v) is 5.91. The first-order valence-electron chi connectivity index (χ1n) is 5.16. The molecule has 19 heavy (non-hydrogen) atoms. The van der Waals surface area contributed by atoms with Crippen LogP contribution in [0.2, 0.25) is 10.0 Å². The molecule has 3 N–H and O–H groups in total. The third-order valence-electron chi connectivity index (χ3n) is 2.29. The van der Waals surface area contributed by atoms with Gasteiger partial charge in [0.05, 0.1) is 10.0 Å². The van der Waals surface area contributed by atoms with Crippen molar-refractivity contribution < 1.29 is 9.90 Å². The summed E-state index contributed by atoms with van der Waals surface area (Å²) in [4.78, 5) is 25.3. The molecule has 1 aromatic carbocycles. The average Bonchev–Trinajstić information content (AvgIpc) is 2.36. The zero-order valence-electron chi connectivity index (χ0n) is 9.41. The van der Waals surface area contributed by atoms with E-state index in [1.807, 2.05) is 0 Å². The van der Waals surface area contributed by atoms with Gasteiger partial charge in [-0.2, -0.15) is 0 Å². The van der Waals surface area contributed by atoms with Crippen LogP contribution >= 0.6 is 23.2 Å². The lowest BCUT2D eigenvalue weighted by Gasteiger charge is -2.07. The van der Waals surface area contributed by atoms with Gasteiger partial charge in [-0.15, -0.1) is 0 Å². The molecule has 5 nitrogen and oxygen atoms in total. The van der Waals surface area contributed by atoms with Crippen LogP contribution in [-0.4, -0.2) is 16.0 Å². The summed E-state index contributed by atoms with van der Waals surface area (Å²) in [6.45, 7) is 0. The van der Waals surface area contributed by atoms with Crippen LogP contribution < -0.4 is 10.9 Å². The van der Waals surface area contributed by atoms with Crippen molar-refractivity contribution in [1.82, 2.24) is 4.98 Å². The summed E-state index contributed by atoms with van der Waals surface area (Å²) in [7, 11) is 0. The number of pyridine rings is 1. The Bertz CT molecular complexity index is 674. The Hall–Kier alpha value is -1.98. The standard InChI is InChI=1S/C12H8Cl2N2O3/c13-7-4-6(5-8(14)11(7)18)15-12(19)9-2-1-3-10(17)16-9/h1-5,18H,(H,15,19)(H,16,17). The second-order valence-electron chi connectivity index (χ2n) is 3.67. The van der Waals surface area contributed by atoms with Gasteiger partial charge in [0.1, 0.15) is 5.69 Å². The lowest BCUT2D eigenvalue weighted by molar-refractivity contribution is 0.102. The zero-order chi connectivity index (χ0) is 14.0. The molecular weight excluding hydrogens is 291 g/mol. The minimum absolute atomic E-state index is 0.0179. The Morgan fingerprint density at radius 2 is 1.84 bits per heavy atom. The smallest absolute Gasteiger partial charge is 0.272 e. The van der Waals surface area contributed by atoms with E-state index >= 15 is 0 Å². The Morgan fingerprint density at radius 1 is 1.21 bits per heavy atom. The van der Waals surface area contributed by atoms with E-state index in [1.165, 1.54) is 30.3 Å². The van der Waals surface area contributed by atoms with E-state index < -0.39 is 5.91 Å². The fourth-order valence-electron chi connectivity index (χ4n) is 1.42. The maximum Gasteiger partial charge on any atom is 0.272 e. The number of hydrogen-bond donors (Lipinski definition) is 3. The highest BCUT2D eigenvalue weighted by Crippen LogP contribution is 2.34. The van der Waals surface area contributed by atoms with E-state index in [0.29, 0.717) is 5.69 Å². The molecular formula is C12H8Cl2N2O3. The van der Waals surface area contributed by atoms with Gasteiger partial charge in [-0.05, 0) is 18.2 Å². The average molecular weight is 299 g/mol. The van der Waals surface area contributed by atoms with Gasteiger partial charge in [-0.25, -0.2) is 0 Å². The van der Waals surface area contributed by atoms with Crippen molar-refractivity contribution in [2.75, 3.05) is 5.32 Å². The minimum atomic E-state index is -0.518. The molecule has 0 saturated heterocycles. The molecule has 1 amide bonds. The van der Waals surface area contributed by atoms with Crippen LogP contribution in [0.4, 0.5) is 5.69 Å². The van der Waals surface area contributed by atoms with Crippen molar-refractivity contribution in [2.45, 2.75) is 0 Å². The summed E-state index contributed by atoms with van der Waals surface area (Å²) in [5.41, 5.74) is 0.0322. The van der Waals surface area contributed by atoms with Gasteiger partial charge >= 0.3 is 0 Å². The fraction of sp³-hybridized carbons (Fsp3) is 0. The zero-order valence-corrected chi connectivity index (χ0v) is 10.9. The first-order chi connectivity index (χ1) is 8.97. The maximum atomic E-state index is 11.8. The second kappa shape index (κ2) is 5.34. The molecule has 0 aliphatic heterocycles. The monoisotopic (exact) mass is 298 g/mol. The minimum Gasteiger partial charge on any atom is -0.505 e. The predicted molar refractivity (Wildman–Crippen MR) is 73.1 cm³/mol. The summed E-state index contributed by atoms with van der Waals surface area (Å²) in [5, 5.41) is 11.9. The van der Waals surface area contributed by atoms with Gasteiger partial charge in [-0.3, -0.25) is 9.59 Å². The van der Waals surface area contributed by atoms with Crippen LogP contribution in [0, 0.1) is 0 Å². The Kier molecular flexibility index (Phi) is 3.78. The molecule has 0 saturated carbocycles. The molecule has 98 valence electrons. The highest BCUT2D eigenvalue weighted by atomic mass is 35.5. The number of amides is 1. The van der Waals surface area contributed by atoms with Gasteiger partial charge in [-0.1, -0.05) is 29.3 Å². The quantitative estimate of drug-likeness (QED) is 0.745. The predicted octanol–water partition coefficient (Wildman–Crippen LogP) is 2.64. The molecule has 0 atom stereocenters. The summed E-state index contributed by atoms with van der Waals surface area (Å²) < 4.78 is 0. The molecule has 0 aliphatic carbocycles. The molecule has 2 aromatic rings. The molecule has 2 rings (SSSR count). The molecule has 7 heteroatoms. The van der Waals surface area contributed by atoms with Crippen molar-refractivity contribution in [3.05, 3.63) is 56.4 Å².